The molecule has 5 nitrogen and oxygen atoms in total. The van der Waals surface area contributed by atoms with Crippen LogP contribution in [0, 0.1) is 10.1 Å². The molecule has 0 bridgehead atoms. The monoisotopic (exact) mass is 231 g/mol. The summed E-state index contributed by atoms with van der Waals surface area (Å²) in [5.74, 6) is -2.83. The van der Waals surface area contributed by atoms with Crippen LogP contribution in [0.25, 0.3) is 0 Å². The number of nitrogens with zero attached hydrogens (tertiary/aromatic N) is 3. The summed E-state index contributed by atoms with van der Waals surface area (Å²) in [5, 5.41) is 14.2. The minimum Gasteiger partial charge on any atom is -0.358 e. The zero-order chi connectivity index (χ0) is 11.8. The number of halogens is 2. The minimum atomic E-state index is -2.59. The van der Waals surface area contributed by atoms with Gasteiger partial charge in [-0.05, 0) is 17.8 Å². The minimum absolute atomic E-state index is 0.145. The van der Waals surface area contributed by atoms with Gasteiger partial charge in [0, 0.05) is 12.8 Å². The molecule has 0 amide bonds. The van der Waals surface area contributed by atoms with Crippen molar-refractivity contribution in [2.24, 2.45) is 0 Å². The van der Waals surface area contributed by atoms with E-state index >= 15 is 0 Å². The molecule has 1 aliphatic carbocycles. The average molecular weight is 231 g/mol. The van der Waals surface area contributed by atoms with Crippen LogP contribution < -0.4 is 0 Å². The van der Waals surface area contributed by atoms with Crippen LogP contribution >= 0.6 is 0 Å². The second-order valence-electron chi connectivity index (χ2n) is 4.00. The lowest BCUT2D eigenvalue weighted by Gasteiger charge is -2.26. The zero-order valence-corrected chi connectivity index (χ0v) is 8.47. The van der Waals surface area contributed by atoms with Crippen molar-refractivity contribution >= 4 is 5.82 Å². The molecule has 1 aromatic heterocycles. The van der Waals surface area contributed by atoms with Crippen LogP contribution in [-0.2, 0) is 0 Å². The molecule has 0 N–H and O–H groups in total. The van der Waals surface area contributed by atoms with Gasteiger partial charge < -0.3 is 10.1 Å². The van der Waals surface area contributed by atoms with Crippen LogP contribution in [-0.4, -0.2) is 20.6 Å². The van der Waals surface area contributed by atoms with Gasteiger partial charge in [0.05, 0.1) is 23.4 Å². The van der Waals surface area contributed by atoms with Crippen molar-refractivity contribution in [2.45, 2.75) is 37.6 Å². The lowest BCUT2D eigenvalue weighted by Crippen LogP contribution is -2.26. The quantitative estimate of drug-likeness (QED) is 0.580. The van der Waals surface area contributed by atoms with E-state index in [1.807, 2.05) is 0 Å². The first kappa shape index (κ1) is 11.0. The largest absolute Gasteiger partial charge is 0.389 e. The molecule has 1 heterocycles. The molecule has 0 unspecified atom stereocenters. The van der Waals surface area contributed by atoms with Gasteiger partial charge in [0.15, 0.2) is 0 Å². The molecule has 0 saturated heterocycles. The van der Waals surface area contributed by atoms with E-state index in [1.165, 1.54) is 16.9 Å². The molecule has 0 spiro atoms. The second kappa shape index (κ2) is 3.80. The predicted molar refractivity (Wildman–Crippen MR) is 51.3 cm³/mol. The molecule has 1 aromatic rings. The molecule has 0 radical (unpaired) electrons. The third-order valence-electron chi connectivity index (χ3n) is 2.84. The van der Waals surface area contributed by atoms with Gasteiger partial charge in [0.1, 0.15) is 0 Å². The second-order valence-corrected chi connectivity index (χ2v) is 4.00. The fraction of sp³-hybridized carbons (Fsp3) is 0.667. The molecule has 0 aromatic carbocycles. The maximum absolute atomic E-state index is 12.9. The van der Waals surface area contributed by atoms with Gasteiger partial charge in [-0.1, -0.05) is 0 Å². The van der Waals surface area contributed by atoms with Gasteiger partial charge in [-0.2, -0.15) is 4.68 Å². The fourth-order valence-corrected chi connectivity index (χ4v) is 1.92. The van der Waals surface area contributed by atoms with Gasteiger partial charge in [0.2, 0.25) is 5.92 Å². The Labute approximate surface area is 90.2 Å². The Morgan fingerprint density at radius 3 is 2.62 bits per heavy atom. The summed E-state index contributed by atoms with van der Waals surface area (Å²) in [7, 11) is 0. The molecular weight excluding hydrogens is 220 g/mol. The zero-order valence-electron chi connectivity index (χ0n) is 8.47. The van der Waals surface area contributed by atoms with Crippen molar-refractivity contribution in [3.8, 4) is 0 Å². The SMILES string of the molecule is O=[N+]([O-])c1ccn(C2CCC(F)(F)CC2)n1. The molecule has 7 heteroatoms. The van der Waals surface area contributed by atoms with Crippen LogP contribution in [0.3, 0.4) is 0 Å². The summed E-state index contributed by atoms with van der Waals surface area (Å²) in [5.41, 5.74) is 0. The van der Waals surface area contributed by atoms with Crippen LogP contribution in [0.4, 0.5) is 14.6 Å². The fourth-order valence-electron chi connectivity index (χ4n) is 1.92. The maximum atomic E-state index is 12.9. The van der Waals surface area contributed by atoms with Crippen LogP contribution in [0.5, 0.6) is 0 Å². The van der Waals surface area contributed by atoms with Crippen molar-refractivity contribution in [3.63, 3.8) is 0 Å². The highest BCUT2D eigenvalue weighted by Crippen LogP contribution is 2.38. The number of aromatic nitrogens is 2. The summed E-state index contributed by atoms with van der Waals surface area (Å²) in [4.78, 5) is 9.82. The number of nitro groups is 1. The Hall–Kier alpha value is -1.53. The van der Waals surface area contributed by atoms with Crippen molar-refractivity contribution in [3.05, 3.63) is 22.4 Å². The molecule has 0 aliphatic heterocycles. The topological polar surface area (TPSA) is 61.0 Å². The summed E-state index contributed by atoms with van der Waals surface area (Å²) < 4.78 is 27.2. The number of hydrogen-bond acceptors (Lipinski definition) is 3. The third-order valence-corrected chi connectivity index (χ3v) is 2.84. The first-order chi connectivity index (χ1) is 7.48. The van der Waals surface area contributed by atoms with Crippen LogP contribution in [0.2, 0.25) is 0 Å². The molecular formula is C9H11F2N3O2. The smallest absolute Gasteiger partial charge is 0.358 e. The molecule has 16 heavy (non-hydrogen) atoms. The van der Waals surface area contributed by atoms with Crippen molar-refractivity contribution < 1.29 is 13.7 Å². The summed E-state index contributed by atoms with van der Waals surface area (Å²) >= 11 is 0. The third kappa shape index (κ3) is 2.17. The molecule has 1 aliphatic rings. The molecule has 0 atom stereocenters. The van der Waals surface area contributed by atoms with E-state index in [2.05, 4.69) is 5.10 Å². The van der Waals surface area contributed by atoms with Gasteiger partial charge in [-0.15, -0.1) is 0 Å². The standard InChI is InChI=1S/C9H11F2N3O2/c10-9(11)4-1-7(2-5-9)13-6-3-8(12-13)14(15)16/h3,6-7H,1-2,4-5H2. The Morgan fingerprint density at radius 2 is 2.12 bits per heavy atom. The van der Waals surface area contributed by atoms with Gasteiger partial charge >= 0.3 is 5.82 Å². The van der Waals surface area contributed by atoms with Crippen molar-refractivity contribution in [2.75, 3.05) is 0 Å². The lowest BCUT2D eigenvalue weighted by molar-refractivity contribution is -0.389. The Morgan fingerprint density at radius 1 is 1.50 bits per heavy atom. The van der Waals surface area contributed by atoms with Gasteiger partial charge in [-0.3, -0.25) is 0 Å². The van der Waals surface area contributed by atoms with E-state index in [0.717, 1.165) is 0 Å². The van der Waals surface area contributed by atoms with E-state index in [4.69, 9.17) is 0 Å². The predicted octanol–water partition coefficient (Wildman–Crippen LogP) is 2.54. The Bertz CT molecular complexity index is 395. The molecule has 2 rings (SSSR count). The summed E-state index contributed by atoms with van der Waals surface area (Å²) in [6.07, 6.45) is 1.75. The van der Waals surface area contributed by atoms with E-state index in [-0.39, 0.29) is 24.7 Å². The van der Waals surface area contributed by atoms with Crippen LogP contribution in [0.15, 0.2) is 12.3 Å². The van der Waals surface area contributed by atoms with Crippen molar-refractivity contribution in [1.29, 1.82) is 0 Å². The lowest BCUT2D eigenvalue weighted by atomic mass is 9.92. The molecule has 88 valence electrons. The highest BCUT2D eigenvalue weighted by atomic mass is 19.3. The number of alkyl halides is 2. The first-order valence-corrected chi connectivity index (χ1v) is 5.05. The molecule has 1 fully saturated rings. The average Bonchev–Trinajstić information content (AvgIpc) is 2.66. The first-order valence-electron chi connectivity index (χ1n) is 5.05. The highest BCUT2D eigenvalue weighted by Gasteiger charge is 2.36. The Kier molecular flexibility index (Phi) is 2.61. The van der Waals surface area contributed by atoms with Crippen molar-refractivity contribution in [1.82, 2.24) is 9.78 Å². The normalized spacial score (nSPS) is 20.9. The maximum Gasteiger partial charge on any atom is 0.389 e. The van der Waals surface area contributed by atoms with E-state index in [0.29, 0.717) is 12.8 Å². The summed E-state index contributed by atoms with van der Waals surface area (Å²) in [6, 6.07) is 1.14. The Balaban J connectivity index is 2.05. The van der Waals surface area contributed by atoms with E-state index in [9.17, 15) is 18.9 Å². The number of rotatable bonds is 2. The van der Waals surface area contributed by atoms with Gasteiger partial charge in [-0.25, -0.2) is 8.78 Å². The van der Waals surface area contributed by atoms with E-state index in [1.54, 1.807) is 0 Å². The number of hydrogen-bond donors (Lipinski definition) is 0. The van der Waals surface area contributed by atoms with E-state index < -0.39 is 10.8 Å². The molecule has 1 saturated carbocycles. The highest BCUT2D eigenvalue weighted by molar-refractivity contribution is 5.14. The van der Waals surface area contributed by atoms with Crippen LogP contribution in [0.1, 0.15) is 31.7 Å². The summed E-state index contributed by atoms with van der Waals surface area (Å²) in [6.45, 7) is 0. The van der Waals surface area contributed by atoms with Gasteiger partial charge in [0.25, 0.3) is 0 Å².